The molecule has 2 aliphatic heterocycles. The highest BCUT2D eigenvalue weighted by atomic mass is 35.5. The summed E-state index contributed by atoms with van der Waals surface area (Å²) < 4.78 is 5.39. The fourth-order valence-electron chi connectivity index (χ4n) is 1.72. The Labute approximate surface area is 86.5 Å². The molecule has 0 aliphatic carbocycles. The van der Waals surface area contributed by atoms with Crippen LogP contribution >= 0.6 is 11.6 Å². The Morgan fingerprint density at radius 1 is 1.36 bits per heavy atom. The standard InChI is InChI=1S/C10H9ClO3/c11-7-3-1-2-6(4-7)9-10-8(13-10)5-12-14-9/h1-4,8-10H,5H2/t8-,9+,10-/m0/s1. The third-order valence-corrected chi connectivity index (χ3v) is 2.74. The topological polar surface area (TPSA) is 31.0 Å². The van der Waals surface area contributed by atoms with Crippen LogP contribution in [0.5, 0.6) is 0 Å². The monoisotopic (exact) mass is 212 g/mol. The van der Waals surface area contributed by atoms with Gasteiger partial charge in [0.2, 0.25) is 0 Å². The molecular weight excluding hydrogens is 204 g/mol. The van der Waals surface area contributed by atoms with Crippen LogP contribution in [0.3, 0.4) is 0 Å². The molecule has 2 aliphatic rings. The highest BCUT2D eigenvalue weighted by molar-refractivity contribution is 6.30. The van der Waals surface area contributed by atoms with Crippen molar-refractivity contribution in [3.8, 4) is 0 Å². The second-order valence-corrected chi connectivity index (χ2v) is 3.93. The Bertz CT molecular complexity index is 355. The van der Waals surface area contributed by atoms with Crippen LogP contribution in [0.2, 0.25) is 5.02 Å². The van der Waals surface area contributed by atoms with Gasteiger partial charge in [-0.15, -0.1) is 0 Å². The van der Waals surface area contributed by atoms with E-state index in [1.165, 1.54) is 0 Å². The van der Waals surface area contributed by atoms with E-state index < -0.39 is 0 Å². The lowest BCUT2D eigenvalue weighted by Gasteiger charge is -2.18. The van der Waals surface area contributed by atoms with Gasteiger partial charge in [-0.3, -0.25) is 0 Å². The predicted octanol–water partition coefficient (Wildman–Crippen LogP) is 2.11. The predicted molar refractivity (Wildman–Crippen MR) is 49.9 cm³/mol. The second kappa shape index (κ2) is 3.21. The van der Waals surface area contributed by atoms with Crippen molar-refractivity contribution in [2.24, 2.45) is 0 Å². The first kappa shape index (κ1) is 8.68. The van der Waals surface area contributed by atoms with E-state index in [9.17, 15) is 0 Å². The quantitative estimate of drug-likeness (QED) is 0.528. The molecule has 14 heavy (non-hydrogen) atoms. The van der Waals surface area contributed by atoms with Gasteiger partial charge in [-0.25, -0.2) is 9.78 Å². The number of epoxide rings is 1. The highest BCUT2D eigenvalue weighted by Crippen LogP contribution is 2.41. The van der Waals surface area contributed by atoms with Crippen LogP contribution in [-0.2, 0) is 14.5 Å². The molecule has 3 nitrogen and oxygen atoms in total. The summed E-state index contributed by atoms with van der Waals surface area (Å²) >= 11 is 5.89. The Morgan fingerprint density at radius 2 is 2.29 bits per heavy atom. The van der Waals surface area contributed by atoms with E-state index in [1.807, 2.05) is 24.3 Å². The Kier molecular flexibility index (Phi) is 1.99. The van der Waals surface area contributed by atoms with Gasteiger partial charge >= 0.3 is 0 Å². The van der Waals surface area contributed by atoms with Crippen molar-refractivity contribution in [1.29, 1.82) is 0 Å². The minimum absolute atomic E-state index is 0.132. The van der Waals surface area contributed by atoms with Gasteiger partial charge in [0.25, 0.3) is 0 Å². The van der Waals surface area contributed by atoms with Crippen molar-refractivity contribution >= 4 is 11.6 Å². The fraction of sp³-hybridized carbons (Fsp3) is 0.400. The second-order valence-electron chi connectivity index (χ2n) is 3.50. The molecule has 0 unspecified atom stereocenters. The molecule has 0 aromatic heterocycles. The smallest absolute Gasteiger partial charge is 0.147 e. The zero-order chi connectivity index (χ0) is 9.54. The summed E-state index contributed by atoms with van der Waals surface area (Å²) in [5.74, 6) is 0. The number of halogens is 1. The van der Waals surface area contributed by atoms with Crippen LogP contribution in [0.15, 0.2) is 24.3 Å². The average Bonchev–Trinajstić information content (AvgIpc) is 2.95. The molecule has 1 aromatic rings. The maximum Gasteiger partial charge on any atom is 0.147 e. The number of hydrogen-bond donors (Lipinski definition) is 0. The van der Waals surface area contributed by atoms with Crippen LogP contribution in [0.4, 0.5) is 0 Å². The highest BCUT2D eigenvalue weighted by Gasteiger charge is 2.50. The molecule has 3 atom stereocenters. The van der Waals surface area contributed by atoms with Gasteiger partial charge in [0, 0.05) is 5.02 Å². The summed E-state index contributed by atoms with van der Waals surface area (Å²) in [5, 5.41) is 0.703. The zero-order valence-electron chi connectivity index (χ0n) is 7.35. The Morgan fingerprint density at radius 3 is 3.14 bits per heavy atom. The summed E-state index contributed by atoms with van der Waals surface area (Å²) in [7, 11) is 0. The molecule has 0 spiro atoms. The molecule has 2 fully saturated rings. The van der Waals surface area contributed by atoms with Gasteiger partial charge in [-0.2, -0.15) is 0 Å². The Balaban J connectivity index is 1.87. The van der Waals surface area contributed by atoms with Gasteiger partial charge in [0.05, 0.1) is 0 Å². The molecule has 3 rings (SSSR count). The van der Waals surface area contributed by atoms with Crippen molar-refractivity contribution in [2.45, 2.75) is 18.3 Å². The number of hydrogen-bond acceptors (Lipinski definition) is 3. The first-order valence-corrected chi connectivity index (χ1v) is 4.91. The molecule has 0 amide bonds. The Hall–Kier alpha value is -0.610. The number of ether oxygens (including phenoxy) is 1. The first-order valence-electron chi connectivity index (χ1n) is 4.54. The van der Waals surface area contributed by atoms with Crippen LogP contribution in [0.25, 0.3) is 0 Å². The third-order valence-electron chi connectivity index (χ3n) is 2.50. The molecule has 1 aromatic carbocycles. The fourth-order valence-corrected chi connectivity index (χ4v) is 1.92. The minimum Gasteiger partial charge on any atom is -0.364 e. The molecule has 4 heteroatoms. The largest absolute Gasteiger partial charge is 0.364 e. The molecule has 0 N–H and O–H groups in total. The molecule has 2 saturated heterocycles. The molecular formula is C10H9ClO3. The van der Waals surface area contributed by atoms with E-state index in [0.29, 0.717) is 11.6 Å². The number of benzene rings is 1. The first-order chi connectivity index (χ1) is 6.84. The third kappa shape index (κ3) is 1.42. The zero-order valence-corrected chi connectivity index (χ0v) is 8.11. The molecule has 0 bridgehead atoms. The summed E-state index contributed by atoms with van der Waals surface area (Å²) in [6, 6.07) is 7.57. The molecule has 0 radical (unpaired) electrons. The maximum absolute atomic E-state index is 5.89. The van der Waals surface area contributed by atoms with Gasteiger partial charge in [-0.1, -0.05) is 23.7 Å². The van der Waals surface area contributed by atoms with E-state index in [4.69, 9.17) is 26.1 Å². The van der Waals surface area contributed by atoms with Crippen LogP contribution < -0.4 is 0 Å². The number of rotatable bonds is 1. The maximum atomic E-state index is 5.89. The van der Waals surface area contributed by atoms with E-state index in [2.05, 4.69) is 0 Å². The van der Waals surface area contributed by atoms with Crippen LogP contribution in [0, 0.1) is 0 Å². The SMILES string of the molecule is Clc1cccc([C@H]2OOC[C@@H]3O[C@@H]32)c1. The number of fused-ring (bicyclic) bond motifs is 1. The molecule has 74 valence electrons. The van der Waals surface area contributed by atoms with Gasteiger partial charge in [0.1, 0.15) is 24.9 Å². The molecule has 0 saturated carbocycles. The lowest BCUT2D eigenvalue weighted by molar-refractivity contribution is -0.339. The van der Waals surface area contributed by atoms with Crippen molar-refractivity contribution in [3.63, 3.8) is 0 Å². The van der Waals surface area contributed by atoms with Crippen molar-refractivity contribution < 1.29 is 14.5 Å². The molecule has 2 heterocycles. The van der Waals surface area contributed by atoms with E-state index in [0.717, 1.165) is 5.56 Å². The van der Waals surface area contributed by atoms with E-state index >= 15 is 0 Å². The van der Waals surface area contributed by atoms with Crippen LogP contribution in [-0.4, -0.2) is 18.8 Å². The summed E-state index contributed by atoms with van der Waals surface area (Å²) in [6.45, 7) is 0.529. The summed E-state index contributed by atoms with van der Waals surface area (Å²) in [4.78, 5) is 10.2. The van der Waals surface area contributed by atoms with Crippen molar-refractivity contribution in [3.05, 3.63) is 34.9 Å². The van der Waals surface area contributed by atoms with Gasteiger partial charge in [-0.05, 0) is 17.7 Å². The normalized spacial score (nSPS) is 35.1. The van der Waals surface area contributed by atoms with Gasteiger partial charge < -0.3 is 4.74 Å². The minimum atomic E-state index is -0.132. The van der Waals surface area contributed by atoms with Crippen LogP contribution in [0.1, 0.15) is 11.7 Å². The lowest BCUT2D eigenvalue weighted by atomic mass is 10.0. The van der Waals surface area contributed by atoms with Gasteiger partial charge in [0.15, 0.2) is 0 Å². The summed E-state index contributed by atoms with van der Waals surface area (Å²) in [5.41, 5.74) is 1.00. The summed E-state index contributed by atoms with van der Waals surface area (Å²) in [6.07, 6.45) is 0.211. The van der Waals surface area contributed by atoms with E-state index in [-0.39, 0.29) is 18.3 Å². The van der Waals surface area contributed by atoms with Crippen molar-refractivity contribution in [2.75, 3.05) is 6.61 Å². The van der Waals surface area contributed by atoms with Crippen molar-refractivity contribution in [1.82, 2.24) is 0 Å². The van der Waals surface area contributed by atoms with E-state index in [1.54, 1.807) is 0 Å². The average molecular weight is 213 g/mol. The lowest BCUT2D eigenvalue weighted by Crippen LogP contribution is -2.22.